The van der Waals surface area contributed by atoms with Gasteiger partial charge in [-0.1, -0.05) is 55.2 Å². The fourth-order valence-corrected chi connectivity index (χ4v) is 3.66. The van der Waals surface area contributed by atoms with E-state index in [0.717, 1.165) is 11.1 Å². The van der Waals surface area contributed by atoms with E-state index in [1.165, 1.54) is 28.4 Å². The highest BCUT2D eigenvalue weighted by Gasteiger charge is 2.47. The summed E-state index contributed by atoms with van der Waals surface area (Å²) < 4.78 is 0.479. The van der Waals surface area contributed by atoms with Crippen LogP contribution in [0.2, 0.25) is 0 Å². The summed E-state index contributed by atoms with van der Waals surface area (Å²) in [6, 6.07) is 9.85. The van der Waals surface area contributed by atoms with Crippen LogP contribution in [-0.2, 0) is 5.54 Å². The summed E-state index contributed by atoms with van der Waals surface area (Å²) in [7, 11) is 0. The Morgan fingerprint density at radius 2 is 2.19 bits per heavy atom. The molecule has 0 N–H and O–H groups in total. The monoisotopic (exact) mass is 334 g/mol. The molecule has 6 heteroatoms. The van der Waals surface area contributed by atoms with Crippen molar-refractivity contribution >= 4 is 51.3 Å². The number of nitriles is 1. The molecule has 0 radical (unpaired) electrons. The third-order valence-electron chi connectivity index (χ3n) is 3.22. The number of thioether (sulfide) groups is 2. The molecule has 0 aliphatic carbocycles. The summed E-state index contributed by atoms with van der Waals surface area (Å²) in [4.78, 5) is 13.9. The second-order valence-corrected chi connectivity index (χ2v) is 6.98. The molecule has 3 nitrogen and oxygen atoms in total. The average molecular weight is 334 g/mol. The van der Waals surface area contributed by atoms with Gasteiger partial charge in [0, 0.05) is 11.8 Å². The number of amides is 1. The first kappa shape index (κ1) is 16.1. The van der Waals surface area contributed by atoms with Crippen molar-refractivity contribution in [1.29, 1.82) is 5.26 Å². The zero-order valence-corrected chi connectivity index (χ0v) is 14.1. The third-order valence-corrected chi connectivity index (χ3v) is 5.42. The topological polar surface area (TPSA) is 44.1 Å². The van der Waals surface area contributed by atoms with Crippen molar-refractivity contribution in [2.45, 2.75) is 12.5 Å². The zero-order chi connectivity index (χ0) is 15.5. The highest BCUT2D eigenvalue weighted by molar-refractivity contribution is 8.22. The molecule has 0 aromatic heterocycles. The largest absolute Gasteiger partial charge is 0.287 e. The van der Waals surface area contributed by atoms with Gasteiger partial charge in [-0.05, 0) is 23.6 Å². The number of carbonyl (C=O) groups is 1. The quantitative estimate of drug-likeness (QED) is 0.756. The minimum absolute atomic E-state index is 0.166. The maximum atomic E-state index is 12.4. The molecule has 1 aliphatic heterocycles. The van der Waals surface area contributed by atoms with Crippen LogP contribution >= 0.6 is 35.7 Å². The standard InChI is InChI=1S/C15H14N2OS3/c1-3-21-14(18)17-9-8-11-6-4-5-7-12(11)15(17,10-16)13(19)20-2/h4-9H,3H2,1-2H3/t15-/m0/s1. The van der Waals surface area contributed by atoms with Gasteiger partial charge in [-0.3, -0.25) is 9.69 Å². The molecule has 1 heterocycles. The first-order valence-electron chi connectivity index (χ1n) is 6.35. The van der Waals surface area contributed by atoms with Gasteiger partial charge in [0.05, 0.1) is 4.20 Å². The van der Waals surface area contributed by atoms with E-state index in [2.05, 4.69) is 6.07 Å². The molecular weight excluding hydrogens is 320 g/mol. The van der Waals surface area contributed by atoms with Crippen molar-refractivity contribution < 1.29 is 4.79 Å². The Hall–Kier alpha value is -1.29. The van der Waals surface area contributed by atoms with E-state index in [-0.39, 0.29) is 5.24 Å². The van der Waals surface area contributed by atoms with Crippen molar-refractivity contribution in [3.05, 3.63) is 41.6 Å². The lowest BCUT2D eigenvalue weighted by atomic mass is 9.85. The van der Waals surface area contributed by atoms with Gasteiger partial charge >= 0.3 is 0 Å². The molecule has 0 spiro atoms. The number of carbonyl (C=O) groups excluding carboxylic acids is 1. The smallest absolute Gasteiger partial charge is 0.281 e. The van der Waals surface area contributed by atoms with Gasteiger partial charge in [0.25, 0.3) is 5.24 Å². The molecular formula is C15H14N2OS3. The molecule has 1 aromatic rings. The Morgan fingerprint density at radius 1 is 1.48 bits per heavy atom. The molecule has 1 aliphatic rings. The van der Waals surface area contributed by atoms with E-state index in [1.807, 2.05) is 43.5 Å². The van der Waals surface area contributed by atoms with Gasteiger partial charge < -0.3 is 0 Å². The van der Waals surface area contributed by atoms with Gasteiger partial charge in [0.2, 0.25) is 5.54 Å². The van der Waals surface area contributed by atoms with Gasteiger partial charge in [-0.25, -0.2) is 0 Å². The fourth-order valence-electron chi connectivity index (χ4n) is 2.27. The van der Waals surface area contributed by atoms with E-state index in [0.29, 0.717) is 9.95 Å². The lowest BCUT2D eigenvalue weighted by molar-refractivity contribution is 0.224. The predicted octanol–water partition coefficient (Wildman–Crippen LogP) is 4.26. The van der Waals surface area contributed by atoms with Crippen molar-refractivity contribution in [1.82, 2.24) is 4.90 Å². The van der Waals surface area contributed by atoms with Crippen LogP contribution in [0.3, 0.4) is 0 Å². The number of benzene rings is 1. The SMILES string of the molecule is CCSC(=O)N1C=Cc2ccccc2[C@@]1(C#N)C(=S)SC. The minimum atomic E-state index is -1.22. The normalized spacial score (nSPS) is 19.8. The molecule has 1 aromatic carbocycles. The highest BCUT2D eigenvalue weighted by atomic mass is 32.2. The summed E-state index contributed by atoms with van der Waals surface area (Å²) in [5.41, 5.74) is 0.458. The summed E-state index contributed by atoms with van der Waals surface area (Å²) in [6.45, 7) is 1.91. The van der Waals surface area contributed by atoms with E-state index in [4.69, 9.17) is 12.2 Å². The van der Waals surface area contributed by atoms with E-state index < -0.39 is 5.54 Å². The third kappa shape index (κ3) is 2.61. The van der Waals surface area contributed by atoms with Gasteiger partial charge in [-0.15, -0.1) is 11.8 Å². The molecule has 108 valence electrons. The fraction of sp³-hybridized carbons (Fsp3) is 0.267. The van der Waals surface area contributed by atoms with Gasteiger partial charge in [-0.2, -0.15) is 5.26 Å². The average Bonchev–Trinajstić information content (AvgIpc) is 2.53. The maximum Gasteiger partial charge on any atom is 0.287 e. The second-order valence-electron chi connectivity index (χ2n) is 4.29. The number of rotatable bonds is 2. The zero-order valence-electron chi connectivity index (χ0n) is 11.7. The molecule has 0 fully saturated rings. The number of nitrogens with zero attached hydrogens (tertiary/aromatic N) is 2. The molecule has 0 saturated heterocycles. The predicted molar refractivity (Wildman–Crippen MR) is 94.2 cm³/mol. The van der Waals surface area contributed by atoms with Crippen LogP contribution in [0.1, 0.15) is 18.1 Å². The Morgan fingerprint density at radius 3 is 2.81 bits per heavy atom. The van der Waals surface area contributed by atoms with E-state index in [1.54, 1.807) is 6.20 Å². The molecule has 0 bridgehead atoms. The Kier molecular flexibility index (Phi) is 5.09. The first-order chi connectivity index (χ1) is 10.1. The first-order valence-corrected chi connectivity index (χ1v) is 8.97. The molecule has 21 heavy (non-hydrogen) atoms. The maximum absolute atomic E-state index is 12.4. The molecule has 1 atom stereocenters. The molecule has 0 saturated carbocycles. The second kappa shape index (κ2) is 6.65. The van der Waals surface area contributed by atoms with Crippen LogP contribution in [-0.4, -0.2) is 26.3 Å². The lowest BCUT2D eigenvalue weighted by Crippen LogP contribution is -2.50. The summed E-state index contributed by atoms with van der Waals surface area (Å²) in [6.07, 6.45) is 5.35. The van der Waals surface area contributed by atoms with Crippen LogP contribution in [0.25, 0.3) is 6.08 Å². The van der Waals surface area contributed by atoms with Crippen LogP contribution < -0.4 is 0 Å². The highest BCUT2D eigenvalue weighted by Crippen LogP contribution is 2.41. The van der Waals surface area contributed by atoms with Crippen LogP contribution in [0, 0.1) is 11.3 Å². The van der Waals surface area contributed by atoms with Crippen molar-refractivity contribution in [2.75, 3.05) is 12.0 Å². The van der Waals surface area contributed by atoms with E-state index in [9.17, 15) is 10.1 Å². The summed E-state index contributed by atoms with van der Waals surface area (Å²) in [5, 5.41) is 9.72. The summed E-state index contributed by atoms with van der Waals surface area (Å²) in [5.74, 6) is 0.651. The number of fused-ring (bicyclic) bond motifs is 1. The van der Waals surface area contributed by atoms with Gasteiger partial charge in [0.15, 0.2) is 0 Å². The van der Waals surface area contributed by atoms with Gasteiger partial charge in [0.1, 0.15) is 6.07 Å². The summed E-state index contributed by atoms with van der Waals surface area (Å²) >= 11 is 7.95. The Bertz CT molecular complexity index is 651. The Labute approximate surface area is 138 Å². The Balaban J connectivity index is 2.66. The van der Waals surface area contributed by atoms with Crippen molar-refractivity contribution in [3.8, 4) is 6.07 Å². The molecule has 0 unspecified atom stereocenters. The lowest BCUT2D eigenvalue weighted by Gasteiger charge is -2.39. The van der Waals surface area contributed by atoms with Crippen LogP contribution in [0.15, 0.2) is 30.5 Å². The minimum Gasteiger partial charge on any atom is -0.281 e. The molecule has 2 rings (SSSR count). The van der Waals surface area contributed by atoms with Crippen LogP contribution in [0.4, 0.5) is 4.79 Å². The van der Waals surface area contributed by atoms with Crippen LogP contribution in [0.5, 0.6) is 0 Å². The van der Waals surface area contributed by atoms with Crippen molar-refractivity contribution in [2.24, 2.45) is 0 Å². The van der Waals surface area contributed by atoms with Crippen molar-refractivity contribution in [3.63, 3.8) is 0 Å². The number of hydrogen-bond acceptors (Lipinski definition) is 5. The number of thiocarbonyl (C=S) groups is 1. The van der Waals surface area contributed by atoms with E-state index >= 15 is 0 Å². The molecule has 1 amide bonds. The number of hydrogen-bond donors (Lipinski definition) is 0.